The Bertz CT molecular complexity index is 920. The van der Waals surface area contributed by atoms with Gasteiger partial charge in [0.2, 0.25) is 10.0 Å². The zero-order valence-electron chi connectivity index (χ0n) is 16.5. The van der Waals surface area contributed by atoms with Gasteiger partial charge in [-0.2, -0.15) is 0 Å². The molecule has 152 valence electrons. The van der Waals surface area contributed by atoms with Crippen LogP contribution < -0.4 is 14.2 Å². The van der Waals surface area contributed by atoms with E-state index in [0.717, 1.165) is 16.9 Å². The first-order valence-electron chi connectivity index (χ1n) is 9.27. The molecule has 2 aromatic carbocycles. The van der Waals surface area contributed by atoms with Crippen LogP contribution in [0, 0.1) is 6.92 Å². The third kappa shape index (κ3) is 4.16. The Morgan fingerprint density at radius 1 is 1.04 bits per heavy atom. The van der Waals surface area contributed by atoms with E-state index < -0.39 is 15.4 Å². The molecule has 0 saturated carbocycles. The van der Waals surface area contributed by atoms with Gasteiger partial charge in [0, 0.05) is 30.7 Å². The van der Waals surface area contributed by atoms with E-state index in [0.29, 0.717) is 31.8 Å². The molecule has 7 heteroatoms. The maximum atomic E-state index is 13.1. The molecule has 0 aromatic heterocycles. The van der Waals surface area contributed by atoms with Crippen LogP contribution >= 0.6 is 0 Å². The molecule has 1 N–H and O–H groups in total. The summed E-state index contributed by atoms with van der Waals surface area (Å²) in [5.74, 6) is 1.09. The number of benzene rings is 2. The second kappa shape index (κ2) is 8.51. The van der Waals surface area contributed by atoms with Gasteiger partial charge in [-0.15, -0.1) is 0 Å². The summed E-state index contributed by atoms with van der Waals surface area (Å²) in [4.78, 5) is 0.150. The predicted molar refractivity (Wildman–Crippen MR) is 108 cm³/mol. The number of hydrogen-bond donors (Lipinski definition) is 1. The Balaban J connectivity index is 1.94. The largest absolute Gasteiger partial charge is 0.496 e. The summed E-state index contributed by atoms with van der Waals surface area (Å²) in [6.45, 7) is 3.27. The van der Waals surface area contributed by atoms with Gasteiger partial charge in [-0.05, 0) is 43.5 Å². The normalized spacial score (nSPS) is 16.5. The van der Waals surface area contributed by atoms with Crippen molar-refractivity contribution in [2.24, 2.45) is 0 Å². The molecule has 0 bridgehead atoms. The van der Waals surface area contributed by atoms with Gasteiger partial charge < -0.3 is 14.2 Å². The first kappa shape index (κ1) is 20.6. The molecule has 1 fully saturated rings. The lowest BCUT2D eigenvalue weighted by Crippen LogP contribution is -2.44. The smallest absolute Gasteiger partial charge is 0.244 e. The van der Waals surface area contributed by atoms with Gasteiger partial charge in [-0.3, -0.25) is 0 Å². The van der Waals surface area contributed by atoms with Gasteiger partial charge >= 0.3 is 0 Å². The lowest BCUT2D eigenvalue weighted by molar-refractivity contribution is 0.0509. The second-order valence-corrected chi connectivity index (χ2v) is 8.81. The third-order valence-electron chi connectivity index (χ3n) is 5.34. The van der Waals surface area contributed by atoms with E-state index in [1.165, 1.54) is 7.11 Å². The second-order valence-electron chi connectivity index (χ2n) is 7.07. The van der Waals surface area contributed by atoms with Crippen molar-refractivity contribution < 1.29 is 22.6 Å². The number of para-hydroxylation sites is 1. The van der Waals surface area contributed by atoms with Crippen molar-refractivity contribution in [3.8, 4) is 11.5 Å². The Hall–Kier alpha value is -2.09. The minimum Gasteiger partial charge on any atom is -0.496 e. The van der Waals surface area contributed by atoms with Crippen LogP contribution in [0.15, 0.2) is 47.4 Å². The Morgan fingerprint density at radius 3 is 2.39 bits per heavy atom. The summed E-state index contributed by atoms with van der Waals surface area (Å²) >= 11 is 0. The van der Waals surface area contributed by atoms with E-state index in [2.05, 4.69) is 4.72 Å². The number of sulfonamides is 1. The highest BCUT2D eigenvalue weighted by Crippen LogP contribution is 2.39. The molecule has 3 rings (SSSR count). The highest BCUT2D eigenvalue weighted by molar-refractivity contribution is 7.89. The van der Waals surface area contributed by atoms with Crippen molar-refractivity contribution in [3.63, 3.8) is 0 Å². The van der Waals surface area contributed by atoms with Crippen molar-refractivity contribution in [2.45, 2.75) is 30.1 Å². The average Bonchev–Trinajstić information content (AvgIpc) is 2.73. The number of aryl methyl sites for hydroxylation is 1. The lowest BCUT2D eigenvalue weighted by atomic mass is 9.74. The zero-order valence-corrected chi connectivity index (χ0v) is 17.3. The molecule has 2 aromatic rings. The first-order chi connectivity index (χ1) is 13.4. The van der Waals surface area contributed by atoms with Crippen molar-refractivity contribution in [2.75, 3.05) is 34.0 Å². The molecule has 0 aliphatic carbocycles. The minimum atomic E-state index is -3.75. The molecule has 28 heavy (non-hydrogen) atoms. The van der Waals surface area contributed by atoms with Crippen LogP contribution in [0.25, 0.3) is 0 Å². The molecule has 0 spiro atoms. The molecule has 1 heterocycles. The summed E-state index contributed by atoms with van der Waals surface area (Å²) in [6, 6.07) is 12.9. The van der Waals surface area contributed by atoms with E-state index in [1.54, 1.807) is 19.2 Å². The van der Waals surface area contributed by atoms with E-state index in [9.17, 15) is 8.42 Å². The Morgan fingerprint density at radius 2 is 1.71 bits per heavy atom. The number of ether oxygens (including phenoxy) is 3. The molecule has 1 saturated heterocycles. The van der Waals surface area contributed by atoms with Crippen LogP contribution in [-0.2, 0) is 20.2 Å². The van der Waals surface area contributed by atoms with Crippen LogP contribution in [0.1, 0.15) is 24.0 Å². The van der Waals surface area contributed by atoms with E-state index in [1.807, 2.05) is 37.3 Å². The molecule has 6 nitrogen and oxygen atoms in total. The maximum absolute atomic E-state index is 13.1. The summed E-state index contributed by atoms with van der Waals surface area (Å²) < 4.78 is 45.4. The summed E-state index contributed by atoms with van der Waals surface area (Å²) in [5.41, 5.74) is 1.46. The lowest BCUT2D eigenvalue weighted by Gasteiger charge is -2.38. The number of nitrogens with one attached hydrogen (secondary N) is 1. The van der Waals surface area contributed by atoms with Crippen LogP contribution in [0.3, 0.4) is 0 Å². The summed E-state index contributed by atoms with van der Waals surface area (Å²) in [6.07, 6.45) is 1.42. The molecular formula is C21H27NO5S. The van der Waals surface area contributed by atoms with Crippen LogP contribution in [0.4, 0.5) is 0 Å². The molecular weight excluding hydrogens is 378 g/mol. The summed E-state index contributed by atoms with van der Waals surface area (Å²) in [7, 11) is -0.644. The number of methoxy groups -OCH3 is 2. The Labute approximate surface area is 166 Å². The van der Waals surface area contributed by atoms with Gasteiger partial charge in [0.1, 0.15) is 16.4 Å². The third-order valence-corrected chi connectivity index (χ3v) is 6.76. The average molecular weight is 406 g/mol. The molecule has 1 aliphatic heterocycles. The molecule has 0 radical (unpaired) electrons. The van der Waals surface area contributed by atoms with Gasteiger partial charge in [-0.1, -0.05) is 24.3 Å². The molecule has 1 aliphatic rings. The maximum Gasteiger partial charge on any atom is 0.244 e. The fraction of sp³-hybridized carbons (Fsp3) is 0.429. The standard InChI is InChI=1S/C21H27NO5S/c1-16-8-9-19(26-3)20(14-16)28(23,24)22-15-21(10-12-27-13-11-21)17-6-4-5-7-18(17)25-2/h4-9,14,22H,10-13,15H2,1-3H3. The SMILES string of the molecule is COc1ccccc1C1(CNS(=O)(=O)c2cc(C)ccc2OC)CCOCC1. The fourth-order valence-electron chi connectivity index (χ4n) is 3.69. The highest BCUT2D eigenvalue weighted by Gasteiger charge is 2.38. The predicted octanol–water partition coefficient (Wildman–Crippen LogP) is 3.04. The quantitative estimate of drug-likeness (QED) is 0.766. The van der Waals surface area contributed by atoms with Crippen molar-refractivity contribution in [1.29, 1.82) is 0 Å². The molecule has 0 unspecified atom stereocenters. The van der Waals surface area contributed by atoms with Crippen molar-refractivity contribution in [3.05, 3.63) is 53.6 Å². The fourth-order valence-corrected chi connectivity index (χ4v) is 5.07. The minimum absolute atomic E-state index is 0.150. The van der Waals surface area contributed by atoms with Crippen molar-refractivity contribution >= 4 is 10.0 Å². The monoisotopic (exact) mass is 405 g/mol. The zero-order chi connectivity index (χ0) is 20.2. The van der Waals surface area contributed by atoms with Gasteiger partial charge in [0.25, 0.3) is 0 Å². The van der Waals surface area contributed by atoms with Crippen LogP contribution in [0.2, 0.25) is 0 Å². The number of hydrogen-bond acceptors (Lipinski definition) is 5. The van der Waals surface area contributed by atoms with E-state index >= 15 is 0 Å². The summed E-state index contributed by atoms with van der Waals surface area (Å²) in [5, 5.41) is 0. The van der Waals surface area contributed by atoms with Gasteiger partial charge in [0.15, 0.2) is 0 Å². The van der Waals surface area contributed by atoms with Crippen LogP contribution in [-0.4, -0.2) is 42.4 Å². The van der Waals surface area contributed by atoms with Gasteiger partial charge in [0.05, 0.1) is 14.2 Å². The van der Waals surface area contributed by atoms with Gasteiger partial charge in [-0.25, -0.2) is 13.1 Å². The van der Waals surface area contributed by atoms with E-state index in [-0.39, 0.29) is 11.4 Å². The molecule has 0 amide bonds. The molecule has 0 atom stereocenters. The topological polar surface area (TPSA) is 73.9 Å². The highest BCUT2D eigenvalue weighted by atomic mass is 32.2. The Kier molecular flexibility index (Phi) is 6.27. The van der Waals surface area contributed by atoms with Crippen LogP contribution in [0.5, 0.6) is 11.5 Å². The first-order valence-corrected chi connectivity index (χ1v) is 10.8. The number of rotatable bonds is 7. The van der Waals surface area contributed by atoms with E-state index in [4.69, 9.17) is 14.2 Å². The van der Waals surface area contributed by atoms with Crippen molar-refractivity contribution in [1.82, 2.24) is 4.72 Å².